The van der Waals surface area contributed by atoms with E-state index in [1.54, 1.807) is 12.1 Å². The highest BCUT2D eigenvalue weighted by Gasteiger charge is 2.20. The van der Waals surface area contributed by atoms with Gasteiger partial charge in [-0.25, -0.2) is 8.42 Å². The Morgan fingerprint density at radius 2 is 1.82 bits per heavy atom. The van der Waals surface area contributed by atoms with Gasteiger partial charge in [0.05, 0.1) is 18.5 Å². The Hall–Kier alpha value is -2.54. The number of aryl methyl sites for hydroxylation is 1. The van der Waals surface area contributed by atoms with E-state index in [4.69, 9.17) is 4.74 Å². The molecule has 0 heterocycles. The van der Waals surface area contributed by atoms with Crippen molar-refractivity contribution in [2.75, 3.05) is 30.3 Å². The molecule has 0 saturated carbocycles. The van der Waals surface area contributed by atoms with Crippen LogP contribution in [0.1, 0.15) is 30.9 Å². The molecule has 7 heteroatoms. The van der Waals surface area contributed by atoms with Crippen molar-refractivity contribution in [3.05, 3.63) is 59.7 Å². The van der Waals surface area contributed by atoms with Gasteiger partial charge in [-0.05, 0) is 48.2 Å². The number of benzene rings is 2. The van der Waals surface area contributed by atoms with Crippen LogP contribution in [0.4, 0.5) is 5.69 Å². The molecular formula is C21H28N2O4S. The molecule has 0 bridgehead atoms. The molecule has 2 aromatic carbocycles. The maximum atomic E-state index is 12.2. The van der Waals surface area contributed by atoms with Crippen LogP contribution in [0.15, 0.2) is 48.5 Å². The molecule has 6 nitrogen and oxygen atoms in total. The molecule has 1 amide bonds. The zero-order valence-electron chi connectivity index (χ0n) is 16.8. The van der Waals surface area contributed by atoms with Crippen LogP contribution in [0.25, 0.3) is 0 Å². The summed E-state index contributed by atoms with van der Waals surface area (Å²) in [5.41, 5.74) is 2.67. The lowest BCUT2D eigenvalue weighted by molar-refractivity contribution is -0.119. The normalized spacial score (nSPS) is 11.3. The molecule has 0 aromatic heterocycles. The number of hydrogen-bond acceptors (Lipinski definition) is 4. The van der Waals surface area contributed by atoms with Gasteiger partial charge in [0.25, 0.3) is 0 Å². The van der Waals surface area contributed by atoms with Gasteiger partial charge in [-0.15, -0.1) is 0 Å². The summed E-state index contributed by atoms with van der Waals surface area (Å²) in [6, 6.07) is 14.8. The van der Waals surface area contributed by atoms with Gasteiger partial charge in [0.2, 0.25) is 15.9 Å². The Morgan fingerprint density at radius 3 is 2.39 bits per heavy atom. The zero-order valence-corrected chi connectivity index (χ0v) is 17.6. The lowest BCUT2D eigenvalue weighted by atomic mass is 10.0. The molecule has 0 aliphatic rings. The van der Waals surface area contributed by atoms with Gasteiger partial charge >= 0.3 is 0 Å². The van der Waals surface area contributed by atoms with Crippen molar-refractivity contribution in [2.24, 2.45) is 0 Å². The standard InChI is InChI=1S/C21H28N2O4S/c1-16(2)18-8-10-19(11-9-18)23(28(4,25)26)15-21(24)22-12-13-27-20-7-5-6-17(3)14-20/h5-11,14,16H,12-13,15H2,1-4H3,(H,22,24). The largest absolute Gasteiger partial charge is 0.492 e. The summed E-state index contributed by atoms with van der Waals surface area (Å²) in [7, 11) is -3.58. The zero-order chi connectivity index (χ0) is 20.7. The Balaban J connectivity index is 1.92. The van der Waals surface area contributed by atoms with E-state index >= 15 is 0 Å². The maximum Gasteiger partial charge on any atom is 0.240 e. The number of sulfonamides is 1. The summed E-state index contributed by atoms with van der Waals surface area (Å²) < 4.78 is 31.0. The summed E-state index contributed by atoms with van der Waals surface area (Å²) >= 11 is 0. The van der Waals surface area contributed by atoms with Gasteiger partial charge in [0, 0.05) is 0 Å². The fourth-order valence-corrected chi connectivity index (χ4v) is 3.53. The fraction of sp³-hybridized carbons (Fsp3) is 0.381. The molecule has 28 heavy (non-hydrogen) atoms. The number of rotatable bonds is 9. The van der Waals surface area contributed by atoms with Crippen molar-refractivity contribution in [1.29, 1.82) is 0 Å². The average Bonchev–Trinajstić information content (AvgIpc) is 2.62. The molecular weight excluding hydrogens is 376 g/mol. The third-order valence-corrected chi connectivity index (χ3v) is 5.36. The predicted molar refractivity (Wildman–Crippen MR) is 112 cm³/mol. The summed E-state index contributed by atoms with van der Waals surface area (Å²) in [5, 5.41) is 2.70. The third kappa shape index (κ3) is 6.56. The highest BCUT2D eigenvalue weighted by atomic mass is 32.2. The SMILES string of the molecule is Cc1cccc(OCCNC(=O)CN(c2ccc(C(C)C)cc2)S(C)(=O)=O)c1. The number of hydrogen-bond donors (Lipinski definition) is 1. The lowest BCUT2D eigenvalue weighted by Crippen LogP contribution is -2.41. The molecule has 152 valence electrons. The predicted octanol–water partition coefficient (Wildman–Crippen LogP) is 3.08. The summed E-state index contributed by atoms with van der Waals surface area (Å²) in [4.78, 5) is 12.2. The summed E-state index contributed by atoms with van der Waals surface area (Å²) in [6.07, 6.45) is 1.09. The minimum Gasteiger partial charge on any atom is -0.492 e. The van der Waals surface area contributed by atoms with Crippen LogP contribution in [-0.4, -0.2) is 40.3 Å². The van der Waals surface area contributed by atoms with Crippen LogP contribution in [0.3, 0.4) is 0 Å². The quantitative estimate of drug-likeness (QED) is 0.652. The minimum atomic E-state index is -3.58. The van der Waals surface area contributed by atoms with Crippen LogP contribution in [0, 0.1) is 6.92 Å². The van der Waals surface area contributed by atoms with E-state index in [1.165, 1.54) is 0 Å². The second-order valence-corrected chi connectivity index (χ2v) is 8.94. The molecule has 0 spiro atoms. The lowest BCUT2D eigenvalue weighted by Gasteiger charge is -2.22. The number of nitrogens with one attached hydrogen (secondary N) is 1. The molecule has 2 aromatic rings. The van der Waals surface area contributed by atoms with Crippen LogP contribution < -0.4 is 14.4 Å². The van der Waals surface area contributed by atoms with E-state index in [9.17, 15) is 13.2 Å². The van der Waals surface area contributed by atoms with E-state index in [2.05, 4.69) is 19.2 Å². The number of ether oxygens (including phenoxy) is 1. The minimum absolute atomic E-state index is 0.274. The van der Waals surface area contributed by atoms with Crippen molar-refractivity contribution in [3.8, 4) is 5.75 Å². The molecule has 2 rings (SSSR count). The fourth-order valence-electron chi connectivity index (χ4n) is 2.68. The van der Waals surface area contributed by atoms with Gasteiger partial charge in [-0.1, -0.05) is 38.1 Å². The van der Waals surface area contributed by atoms with Gasteiger partial charge in [0.15, 0.2) is 0 Å². The van der Waals surface area contributed by atoms with Gasteiger partial charge in [-0.2, -0.15) is 0 Å². The van der Waals surface area contributed by atoms with E-state index in [1.807, 2.05) is 43.3 Å². The van der Waals surface area contributed by atoms with E-state index in [0.29, 0.717) is 18.2 Å². The molecule has 0 unspecified atom stereocenters. The molecule has 0 saturated heterocycles. The van der Waals surface area contributed by atoms with Crippen molar-refractivity contribution < 1.29 is 17.9 Å². The number of carbonyl (C=O) groups is 1. The van der Waals surface area contributed by atoms with Crippen molar-refractivity contribution in [1.82, 2.24) is 5.32 Å². The molecule has 0 atom stereocenters. The van der Waals surface area contributed by atoms with Crippen molar-refractivity contribution in [2.45, 2.75) is 26.7 Å². The Morgan fingerprint density at radius 1 is 1.14 bits per heavy atom. The highest BCUT2D eigenvalue weighted by molar-refractivity contribution is 7.92. The Bertz CT molecular complexity index is 893. The van der Waals surface area contributed by atoms with Gasteiger partial charge in [0.1, 0.15) is 18.9 Å². The maximum absolute atomic E-state index is 12.2. The first-order valence-corrected chi connectivity index (χ1v) is 11.1. The van der Waals surface area contributed by atoms with E-state index < -0.39 is 10.0 Å². The Labute approximate surface area is 167 Å². The molecule has 0 aliphatic heterocycles. The number of carbonyl (C=O) groups excluding carboxylic acids is 1. The van der Waals surface area contributed by atoms with Crippen LogP contribution in [-0.2, 0) is 14.8 Å². The molecule has 0 aliphatic carbocycles. The molecule has 0 radical (unpaired) electrons. The molecule has 0 fully saturated rings. The Kier molecular flexibility index (Phi) is 7.45. The van der Waals surface area contributed by atoms with Crippen molar-refractivity contribution >= 4 is 21.6 Å². The third-order valence-electron chi connectivity index (χ3n) is 4.22. The van der Waals surface area contributed by atoms with Crippen LogP contribution in [0.5, 0.6) is 5.75 Å². The number of amides is 1. The number of nitrogens with zero attached hydrogens (tertiary/aromatic N) is 1. The smallest absolute Gasteiger partial charge is 0.240 e. The highest BCUT2D eigenvalue weighted by Crippen LogP contribution is 2.21. The second-order valence-electron chi connectivity index (χ2n) is 7.03. The first-order chi connectivity index (χ1) is 13.2. The average molecular weight is 405 g/mol. The molecule has 1 N–H and O–H groups in total. The first-order valence-electron chi connectivity index (χ1n) is 9.20. The number of anilines is 1. The van der Waals surface area contributed by atoms with Gasteiger partial charge < -0.3 is 10.1 Å². The monoisotopic (exact) mass is 404 g/mol. The van der Waals surface area contributed by atoms with Crippen LogP contribution >= 0.6 is 0 Å². The van der Waals surface area contributed by atoms with Crippen LogP contribution in [0.2, 0.25) is 0 Å². The topological polar surface area (TPSA) is 75.7 Å². The second kappa shape index (κ2) is 9.59. The van der Waals surface area contributed by atoms with E-state index in [0.717, 1.165) is 27.4 Å². The van der Waals surface area contributed by atoms with Gasteiger partial charge in [-0.3, -0.25) is 9.10 Å². The first kappa shape index (κ1) is 21.8. The summed E-state index contributed by atoms with van der Waals surface area (Å²) in [5.74, 6) is 0.695. The summed E-state index contributed by atoms with van der Waals surface area (Å²) in [6.45, 7) is 6.42. The van der Waals surface area contributed by atoms with Crippen molar-refractivity contribution in [3.63, 3.8) is 0 Å². The van der Waals surface area contributed by atoms with E-state index in [-0.39, 0.29) is 19.0 Å².